The molecule has 1 aliphatic heterocycles. The van der Waals surface area contributed by atoms with Crippen LogP contribution in [0, 0.1) is 0 Å². The molecule has 0 spiro atoms. The van der Waals surface area contributed by atoms with Gasteiger partial charge in [-0.3, -0.25) is 4.79 Å². The second-order valence-electron chi connectivity index (χ2n) is 3.87. The van der Waals surface area contributed by atoms with Gasteiger partial charge >= 0.3 is 5.97 Å². The lowest BCUT2D eigenvalue weighted by Crippen LogP contribution is -2.42. The van der Waals surface area contributed by atoms with E-state index in [1.165, 1.54) is 7.11 Å². The van der Waals surface area contributed by atoms with Gasteiger partial charge in [-0.15, -0.1) is 0 Å². The van der Waals surface area contributed by atoms with E-state index in [1.54, 1.807) is 4.90 Å². The molecule has 5 heteroatoms. The highest BCUT2D eigenvalue weighted by atomic mass is 16.5. The molecule has 92 valence electrons. The molecule has 0 aliphatic carbocycles. The number of methoxy groups -OCH3 is 1. The molecule has 0 aromatic rings. The number of hydrogen-bond donors (Lipinski definition) is 1. The lowest BCUT2D eigenvalue weighted by atomic mass is 10.2. The maximum absolute atomic E-state index is 11.8. The zero-order chi connectivity index (χ0) is 12.0. The molecule has 1 fully saturated rings. The van der Waals surface area contributed by atoms with E-state index in [0.717, 1.165) is 19.4 Å². The third kappa shape index (κ3) is 3.20. The van der Waals surface area contributed by atoms with Crippen LogP contribution in [0.25, 0.3) is 0 Å². The third-order valence-corrected chi connectivity index (χ3v) is 2.81. The van der Waals surface area contributed by atoms with Gasteiger partial charge in [0, 0.05) is 19.5 Å². The van der Waals surface area contributed by atoms with Crippen LogP contribution in [0.1, 0.15) is 26.2 Å². The molecule has 1 amide bonds. The lowest BCUT2D eigenvalue weighted by molar-refractivity contribution is -0.150. The van der Waals surface area contributed by atoms with Gasteiger partial charge in [0.25, 0.3) is 0 Å². The summed E-state index contributed by atoms with van der Waals surface area (Å²) >= 11 is 0. The van der Waals surface area contributed by atoms with E-state index in [0.29, 0.717) is 19.5 Å². The highest BCUT2D eigenvalue weighted by molar-refractivity contribution is 5.85. The topological polar surface area (TPSA) is 58.6 Å². The largest absolute Gasteiger partial charge is 0.467 e. The molecule has 5 nitrogen and oxygen atoms in total. The van der Waals surface area contributed by atoms with E-state index < -0.39 is 0 Å². The summed E-state index contributed by atoms with van der Waals surface area (Å²) in [4.78, 5) is 24.9. The summed E-state index contributed by atoms with van der Waals surface area (Å²) in [6.45, 7) is 4.19. The molecular weight excluding hydrogens is 208 g/mol. The Morgan fingerprint density at radius 2 is 2.25 bits per heavy atom. The number of amides is 1. The Labute approximate surface area is 96.1 Å². The first-order chi connectivity index (χ1) is 7.70. The predicted molar refractivity (Wildman–Crippen MR) is 59.9 cm³/mol. The minimum absolute atomic E-state index is 0.0360. The molecule has 1 rings (SSSR count). The normalized spacial score (nSPS) is 19.9. The number of esters is 1. The van der Waals surface area contributed by atoms with E-state index in [4.69, 9.17) is 4.74 Å². The molecule has 16 heavy (non-hydrogen) atoms. The van der Waals surface area contributed by atoms with Crippen LogP contribution in [0.3, 0.4) is 0 Å². The first-order valence-electron chi connectivity index (χ1n) is 5.78. The minimum atomic E-state index is -0.362. The Bertz CT molecular complexity index is 256. The van der Waals surface area contributed by atoms with Crippen molar-refractivity contribution >= 4 is 11.9 Å². The van der Waals surface area contributed by atoms with Crippen molar-refractivity contribution in [3.05, 3.63) is 0 Å². The van der Waals surface area contributed by atoms with Gasteiger partial charge in [-0.25, -0.2) is 4.79 Å². The van der Waals surface area contributed by atoms with E-state index in [-0.39, 0.29) is 17.9 Å². The standard InChI is InChI=1S/C11H20N2O3/c1-3-12-7-6-10(14)13-8-4-5-9(13)11(15)16-2/h9,12H,3-8H2,1-2H3/t9-/m0/s1. The summed E-state index contributed by atoms with van der Waals surface area (Å²) in [5, 5.41) is 3.10. The highest BCUT2D eigenvalue weighted by Gasteiger charge is 2.34. The van der Waals surface area contributed by atoms with Crippen LogP contribution in [-0.2, 0) is 14.3 Å². The predicted octanol–water partition coefficient (Wildman–Crippen LogP) is 0.150. The Morgan fingerprint density at radius 1 is 1.50 bits per heavy atom. The molecule has 1 saturated heterocycles. The van der Waals surface area contributed by atoms with Gasteiger partial charge in [0.2, 0.25) is 5.91 Å². The summed E-state index contributed by atoms with van der Waals surface area (Å²) in [6, 6.07) is -0.362. The fourth-order valence-corrected chi connectivity index (χ4v) is 1.96. The van der Waals surface area contributed by atoms with Gasteiger partial charge in [0.15, 0.2) is 0 Å². The summed E-state index contributed by atoms with van der Waals surface area (Å²) in [6.07, 6.45) is 2.05. The highest BCUT2D eigenvalue weighted by Crippen LogP contribution is 2.19. The molecule has 1 heterocycles. The van der Waals surface area contributed by atoms with Crippen molar-refractivity contribution in [2.45, 2.75) is 32.2 Å². The smallest absolute Gasteiger partial charge is 0.328 e. The Hall–Kier alpha value is -1.10. The van der Waals surface area contributed by atoms with Crippen LogP contribution < -0.4 is 5.32 Å². The van der Waals surface area contributed by atoms with Gasteiger partial charge in [-0.2, -0.15) is 0 Å². The molecule has 0 aromatic carbocycles. The summed E-state index contributed by atoms with van der Waals surface area (Å²) < 4.78 is 4.69. The fraction of sp³-hybridized carbons (Fsp3) is 0.818. The van der Waals surface area contributed by atoms with Gasteiger partial charge in [-0.1, -0.05) is 6.92 Å². The van der Waals surface area contributed by atoms with Crippen LogP contribution >= 0.6 is 0 Å². The average Bonchev–Trinajstić information content (AvgIpc) is 2.77. The Balaban J connectivity index is 2.44. The van der Waals surface area contributed by atoms with Gasteiger partial charge in [0.1, 0.15) is 6.04 Å². The average molecular weight is 228 g/mol. The molecular formula is C11H20N2O3. The van der Waals surface area contributed by atoms with E-state index in [2.05, 4.69) is 5.32 Å². The maximum atomic E-state index is 11.8. The number of hydrogen-bond acceptors (Lipinski definition) is 4. The number of likely N-dealkylation sites (tertiary alicyclic amines) is 1. The molecule has 0 radical (unpaired) electrons. The van der Waals surface area contributed by atoms with Crippen LogP contribution in [0.15, 0.2) is 0 Å². The maximum Gasteiger partial charge on any atom is 0.328 e. The third-order valence-electron chi connectivity index (χ3n) is 2.81. The van der Waals surface area contributed by atoms with Crippen LogP contribution in [-0.4, -0.2) is 49.6 Å². The van der Waals surface area contributed by atoms with Crippen molar-refractivity contribution in [2.24, 2.45) is 0 Å². The summed E-state index contributed by atoms with van der Waals surface area (Å²) in [7, 11) is 1.36. The quantitative estimate of drug-likeness (QED) is 0.537. The van der Waals surface area contributed by atoms with E-state index in [1.807, 2.05) is 6.92 Å². The number of nitrogens with zero attached hydrogens (tertiary/aromatic N) is 1. The van der Waals surface area contributed by atoms with Gasteiger partial charge < -0.3 is 15.0 Å². The van der Waals surface area contributed by atoms with Gasteiger partial charge in [-0.05, 0) is 19.4 Å². The second kappa shape index (κ2) is 6.48. The number of carbonyl (C=O) groups is 2. The molecule has 0 unspecified atom stereocenters. The first-order valence-corrected chi connectivity index (χ1v) is 5.78. The first kappa shape index (κ1) is 13.0. The fourth-order valence-electron chi connectivity index (χ4n) is 1.96. The van der Waals surface area contributed by atoms with Crippen molar-refractivity contribution < 1.29 is 14.3 Å². The lowest BCUT2D eigenvalue weighted by Gasteiger charge is -2.22. The van der Waals surface area contributed by atoms with E-state index in [9.17, 15) is 9.59 Å². The van der Waals surface area contributed by atoms with Crippen LogP contribution in [0.2, 0.25) is 0 Å². The summed E-state index contributed by atoms with van der Waals surface area (Å²) in [5.74, 6) is -0.261. The van der Waals surface area contributed by atoms with Crippen molar-refractivity contribution in [2.75, 3.05) is 26.7 Å². The van der Waals surface area contributed by atoms with Crippen LogP contribution in [0.4, 0.5) is 0 Å². The van der Waals surface area contributed by atoms with Crippen LogP contribution in [0.5, 0.6) is 0 Å². The van der Waals surface area contributed by atoms with Crippen molar-refractivity contribution in [1.29, 1.82) is 0 Å². The van der Waals surface area contributed by atoms with Crippen molar-refractivity contribution in [3.63, 3.8) is 0 Å². The summed E-state index contributed by atoms with van der Waals surface area (Å²) in [5.41, 5.74) is 0. The Morgan fingerprint density at radius 3 is 2.88 bits per heavy atom. The number of rotatable bonds is 5. The van der Waals surface area contributed by atoms with Gasteiger partial charge in [0.05, 0.1) is 7.11 Å². The molecule has 1 atom stereocenters. The molecule has 1 aliphatic rings. The molecule has 0 saturated carbocycles. The minimum Gasteiger partial charge on any atom is -0.467 e. The molecule has 1 N–H and O–H groups in total. The molecule has 0 aromatic heterocycles. The molecule has 0 bridgehead atoms. The number of nitrogens with one attached hydrogen (secondary N) is 1. The SMILES string of the molecule is CCNCCC(=O)N1CCC[C@H]1C(=O)OC. The number of carbonyl (C=O) groups excluding carboxylic acids is 2. The number of ether oxygens (including phenoxy) is 1. The Kier molecular flexibility index (Phi) is 5.25. The monoisotopic (exact) mass is 228 g/mol. The zero-order valence-corrected chi connectivity index (χ0v) is 9.99. The zero-order valence-electron chi connectivity index (χ0n) is 9.99. The second-order valence-corrected chi connectivity index (χ2v) is 3.87. The van der Waals surface area contributed by atoms with Crippen molar-refractivity contribution in [3.8, 4) is 0 Å². The van der Waals surface area contributed by atoms with E-state index >= 15 is 0 Å². The van der Waals surface area contributed by atoms with Crippen molar-refractivity contribution in [1.82, 2.24) is 10.2 Å².